The molecule has 3 aromatic rings. The van der Waals surface area contributed by atoms with Crippen LogP contribution in [0.15, 0.2) is 66.9 Å². The van der Waals surface area contributed by atoms with E-state index in [0.717, 1.165) is 38.1 Å². The number of likely N-dealkylation sites (tertiary alicyclic amines) is 1. The van der Waals surface area contributed by atoms with E-state index in [9.17, 15) is 22.4 Å². The van der Waals surface area contributed by atoms with Crippen LogP contribution in [0, 0.1) is 5.82 Å². The lowest BCUT2D eigenvalue weighted by atomic mass is 9.79. The van der Waals surface area contributed by atoms with Crippen LogP contribution in [0.25, 0.3) is 0 Å². The third-order valence-corrected chi connectivity index (χ3v) is 6.80. The Hall–Kier alpha value is -3.17. The molecule has 1 aliphatic heterocycles. The van der Waals surface area contributed by atoms with Crippen LogP contribution in [0.5, 0.6) is 0 Å². The number of piperidine rings is 1. The number of amides is 2. The van der Waals surface area contributed by atoms with E-state index in [1.807, 2.05) is 7.05 Å². The predicted molar refractivity (Wildman–Crippen MR) is 134 cm³/mol. The first-order chi connectivity index (χ1) is 17.5. The number of alkyl halides is 3. The average molecular weight is 535 g/mol. The van der Waals surface area contributed by atoms with Crippen LogP contribution in [0.4, 0.5) is 22.4 Å². The number of halogens is 5. The maximum absolute atomic E-state index is 14.7. The van der Waals surface area contributed by atoms with Gasteiger partial charge in [0.2, 0.25) is 0 Å². The van der Waals surface area contributed by atoms with Gasteiger partial charge in [0.05, 0.1) is 16.3 Å². The first kappa shape index (κ1) is 26.9. The molecular weight excluding hydrogens is 508 g/mol. The zero-order chi connectivity index (χ0) is 26.6. The highest BCUT2D eigenvalue weighted by molar-refractivity contribution is 6.30. The highest BCUT2D eigenvalue weighted by Crippen LogP contribution is 2.38. The molecule has 5 nitrogen and oxygen atoms in total. The Bertz CT molecular complexity index is 1220. The number of hydrogen-bond donors (Lipinski definition) is 2. The Labute approximate surface area is 217 Å². The quantitative estimate of drug-likeness (QED) is 0.395. The Balaban J connectivity index is 1.84. The second-order valence-corrected chi connectivity index (χ2v) is 9.77. The van der Waals surface area contributed by atoms with Gasteiger partial charge in [0.25, 0.3) is 0 Å². The van der Waals surface area contributed by atoms with Crippen molar-refractivity contribution < 1.29 is 22.4 Å². The van der Waals surface area contributed by atoms with Gasteiger partial charge in [0.1, 0.15) is 11.4 Å². The molecule has 1 fully saturated rings. The smallest absolute Gasteiger partial charge is 0.335 e. The summed E-state index contributed by atoms with van der Waals surface area (Å²) in [4.78, 5) is 19.9. The molecule has 4 rings (SSSR count). The number of hydrogen-bond acceptors (Lipinski definition) is 3. The summed E-state index contributed by atoms with van der Waals surface area (Å²) in [5, 5.41) is 6.15. The Morgan fingerprint density at radius 1 is 1.05 bits per heavy atom. The van der Waals surface area contributed by atoms with Crippen LogP contribution in [0.1, 0.15) is 35.2 Å². The topological polar surface area (TPSA) is 57.3 Å². The highest BCUT2D eigenvalue weighted by atomic mass is 35.5. The van der Waals surface area contributed by atoms with Crippen molar-refractivity contribution in [2.45, 2.75) is 37.0 Å². The molecule has 37 heavy (non-hydrogen) atoms. The third-order valence-electron chi connectivity index (χ3n) is 6.58. The molecule has 0 radical (unpaired) electrons. The number of aromatic nitrogens is 1. The van der Waals surface area contributed by atoms with Gasteiger partial charge in [0, 0.05) is 18.7 Å². The molecule has 1 aromatic heterocycles. The van der Waals surface area contributed by atoms with Gasteiger partial charge in [0.15, 0.2) is 0 Å². The monoisotopic (exact) mass is 534 g/mol. The van der Waals surface area contributed by atoms with Crippen LogP contribution >= 0.6 is 11.6 Å². The van der Waals surface area contributed by atoms with Crippen LogP contribution in [-0.4, -0.2) is 42.1 Å². The standard InChI is InChI=1S/C27H27ClF4N4O/c1-36-11-9-23(10-12-36)34-25(37)35-26(16-18-5-3-2-4-6-18,24-8-7-21(28)17-33-24)19-13-20(27(30,31)32)15-22(29)14-19/h2-8,13-15,17,23H,9-12,16H2,1H3,(H2,34,35,37). The number of benzene rings is 2. The fraction of sp³-hybridized carbons (Fsp3) is 0.333. The molecule has 1 aliphatic rings. The number of nitrogens with zero attached hydrogens (tertiary/aromatic N) is 2. The minimum absolute atomic E-state index is 0.0179. The van der Waals surface area contributed by atoms with E-state index in [0.29, 0.717) is 16.7 Å². The number of carbonyl (C=O) groups is 1. The van der Waals surface area contributed by atoms with Gasteiger partial charge in [-0.2, -0.15) is 13.2 Å². The Morgan fingerprint density at radius 3 is 2.35 bits per heavy atom. The van der Waals surface area contributed by atoms with Crippen molar-refractivity contribution >= 4 is 17.6 Å². The largest absolute Gasteiger partial charge is 0.416 e. The Kier molecular flexibility index (Phi) is 8.04. The molecule has 2 heterocycles. The fourth-order valence-corrected chi connectivity index (χ4v) is 4.73. The summed E-state index contributed by atoms with van der Waals surface area (Å²) in [6.45, 7) is 1.61. The van der Waals surface area contributed by atoms with Crippen molar-refractivity contribution in [1.82, 2.24) is 20.5 Å². The van der Waals surface area contributed by atoms with Gasteiger partial charge in [-0.1, -0.05) is 41.9 Å². The number of nitrogens with one attached hydrogen (secondary N) is 2. The van der Waals surface area contributed by atoms with E-state index in [1.54, 1.807) is 30.3 Å². The average Bonchev–Trinajstić information content (AvgIpc) is 2.85. The molecule has 1 saturated heterocycles. The zero-order valence-corrected chi connectivity index (χ0v) is 20.9. The summed E-state index contributed by atoms with van der Waals surface area (Å²) >= 11 is 6.05. The fourth-order valence-electron chi connectivity index (χ4n) is 4.62. The van der Waals surface area contributed by atoms with E-state index in [4.69, 9.17) is 11.6 Å². The van der Waals surface area contributed by atoms with Gasteiger partial charge in [-0.3, -0.25) is 4.98 Å². The first-order valence-electron chi connectivity index (χ1n) is 11.9. The second kappa shape index (κ2) is 11.1. The zero-order valence-electron chi connectivity index (χ0n) is 20.2. The van der Waals surface area contributed by atoms with Crippen molar-refractivity contribution in [3.8, 4) is 0 Å². The van der Waals surface area contributed by atoms with Gasteiger partial charge >= 0.3 is 12.2 Å². The predicted octanol–water partition coefficient (Wildman–Crippen LogP) is 5.77. The molecule has 1 unspecified atom stereocenters. The van der Waals surface area contributed by atoms with Gasteiger partial charge < -0.3 is 15.5 Å². The lowest BCUT2D eigenvalue weighted by molar-refractivity contribution is -0.137. The summed E-state index contributed by atoms with van der Waals surface area (Å²) in [5.41, 5.74) is -1.96. The molecule has 196 valence electrons. The molecule has 2 amide bonds. The number of rotatable bonds is 6. The highest BCUT2D eigenvalue weighted by Gasteiger charge is 2.41. The number of carbonyl (C=O) groups excluding carboxylic acids is 1. The summed E-state index contributed by atoms with van der Waals surface area (Å²) in [7, 11) is 2.00. The van der Waals surface area contributed by atoms with Crippen molar-refractivity contribution in [3.63, 3.8) is 0 Å². The summed E-state index contributed by atoms with van der Waals surface area (Å²) in [6.07, 6.45) is -1.97. The third kappa shape index (κ3) is 6.59. The maximum Gasteiger partial charge on any atom is 0.416 e. The normalized spacial score (nSPS) is 16.7. The minimum atomic E-state index is -4.79. The molecular formula is C27H27ClF4N4O. The van der Waals surface area contributed by atoms with Crippen LogP contribution in [0.3, 0.4) is 0 Å². The molecule has 1 atom stereocenters. The lowest BCUT2D eigenvalue weighted by Crippen LogP contribution is -2.55. The molecule has 0 aliphatic carbocycles. The molecule has 0 spiro atoms. The van der Waals surface area contributed by atoms with Crippen LogP contribution in [-0.2, 0) is 18.1 Å². The van der Waals surface area contributed by atoms with Gasteiger partial charge in [-0.05, 0) is 74.4 Å². The summed E-state index contributed by atoms with van der Waals surface area (Å²) < 4.78 is 55.8. The summed E-state index contributed by atoms with van der Waals surface area (Å²) in [6, 6.07) is 13.6. The van der Waals surface area contributed by atoms with E-state index < -0.39 is 29.1 Å². The van der Waals surface area contributed by atoms with Crippen LogP contribution < -0.4 is 10.6 Å². The summed E-state index contributed by atoms with van der Waals surface area (Å²) in [5.74, 6) is -1.08. The van der Waals surface area contributed by atoms with Crippen molar-refractivity contribution in [1.29, 1.82) is 0 Å². The van der Waals surface area contributed by atoms with E-state index >= 15 is 0 Å². The van der Waals surface area contributed by atoms with Crippen LogP contribution in [0.2, 0.25) is 5.02 Å². The SMILES string of the molecule is CN1CCC(NC(=O)NC(Cc2ccccc2)(c2cc(F)cc(C(F)(F)F)c2)c2ccc(Cl)cn2)CC1. The van der Waals surface area contributed by atoms with Crippen molar-refractivity contribution in [3.05, 3.63) is 100 Å². The van der Waals surface area contributed by atoms with E-state index in [1.165, 1.54) is 18.3 Å². The minimum Gasteiger partial charge on any atom is -0.335 e. The molecule has 0 bridgehead atoms. The second-order valence-electron chi connectivity index (χ2n) is 9.33. The first-order valence-corrected chi connectivity index (χ1v) is 12.2. The van der Waals surface area contributed by atoms with E-state index in [2.05, 4.69) is 20.5 Å². The number of pyridine rings is 1. The van der Waals surface area contributed by atoms with E-state index in [-0.39, 0.29) is 23.7 Å². The Morgan fingerprint density at radius 2 is 1.73 bits per heavy atom. The van der Waals surface area contributed by atoms with Crippen molar-refractivity contribution in [2.75, 3.05) is 20.1 Å². The molecule has 2 aromatic carbocycles. The molecule has 0 saturated carbocycles. The molecule has 10 heteroatoms. The maximum atomic E-state index is 14.7. The van der Waals surface area contributed by atoms with Gasteiger partial charge in [-0.15, -0.1) is 0 Å². The number of urea groups is 1. The van der Waals surface area contributed by atoms with Crippen molar-refractivity contribution in [2.24, 2.45) is 0 Å². The lowest BCUT2D eigenvalue weighted by Gasteiger charge is -2.37. The van der Waals surface area contributed by atoms with Gasteiger partial charge in [-0.25, -0.2) is 9.18 Å². The molecule has 2 N–H and O–H groups in total.